The van der Waals surface area contributed by atoms with E-state index in [-0.39, 0.29) is 6.61 Å². The van der Waals surface area contributed by atoms with E-state index in [1.54, 1.807) is 0 Å². The Labute approximate surface area is 140 Å². The predicted octanol–water partition coefficient (Wildman–Crippen LogP) is 3.60. The molecule has 0 fully saturated rings. The smallest absolute Gasteiger partial charge is 0.122 e. The van der Waals surface area contributed by atoms with Crippen molar-refractivity contribution in [2.75, 3.05) is 39.6 Å². The van der Waals surface area contributed by atoms with Crippen LogP contribution in [0.2, 0.25) is 0 Å². The molecule has 23 heavy (non-hydrogen) atoms. The van der Waals surface area contributed by atoms with Crippen LogP contribution in [0.15, 0.2) is 24.3 Å². The maximum Gasteiger partial charge on any atom is 0.122 e. The van der Waals surface area contributed by atoms with E-state index in [1.807, 2.05) is 12.1 Å². The molecular weight excluding hydrogens is 292 g/mol. The monoisotopic (exact) mass is 324 g/mol. The van der Waals surface area contributed by atoms with Crippen LogP contribution >= 0.6 is 0 Å². The largest absolute Gasteiger partial charge is 0.491 e. The molecule has 1 rings (SSSR count). The van der Waals surface area contributed by atoms with Crippen LogP contribution < -0.4 is 4.74 Å². The maximum absolute atomic E-state index is 8.58. The van der Waals surface area contributed by atoms with Gasteiger partial charge in [0.25, 0.3) is 0 Å². The summed E-state index contributed by atoms with van der Waals surface area (Å²) in [6.45, 7) is 4.80. The Balaban J connectivity index is 2.15. The second-order valence-corrected chi connectivity index (χ2v) is 5.57. The molecule has 0 aliphatic rings. The van der Waals surface area contributed by atoms with Crippen molar-refractivity contribution < 1.29 is 19.3 Å². The molecule has 0 bridgehead atoms. The zero-order valence-corrected chi connectivity index (χ0v) is 14.5. The molecule has 1 aromatic rings. The van der Waals surface area contributed by atoms with E-state index in [2.05, 4.69) is 19.1 Å². The summed E-state index contributed by atoms with van der Waals surface area (Å²) in [6, 6.07) is 8.27. The molecule has 0 atom stereocenters. The van der Waals surface area contributed by atoms with Crippen molar-refractivity contribution in [2.45, 2.75) is 45.4 Å². The van der Waals surface area contributed by atoms with Gasteiger partial charge >= 0.3 is 0 Å². The zero-order chi connectivity index (χ0) is 16.6. The van der Waals surface area contributed by atoms with Crippen LogP contribution in [0.5, 0.6) is 5.75 Å². The lowest BCUT2D eigenvalue weighted by Crippen LogP contribution is -2.12. The summed E-state index contributed by atoms with van der Waals surface area (Å²) in [5, 5.41) is 8.58. The van der Waals surface area contributed by atoms with Gasteiger partial charge in [0.05, 0.1) is 33.0 Å². The van der Waals surface area contributed by atoms with Crippen molar-refractivity contribution in [1.29, 1.82) is 0 Å². The lowest BCUT2D eigenvalue weighted by atomic mass is 10.0. The molecule has 0 saturated heterocycles. The fraction of sp³-hybridized carbons (Fsp3) is 0.684. The second-order valence-electron chi connectivity index (χ2n) is 5.57. The molecule has 0 saturated carbocycles. The number of aliphatic hydroxyl groups is 1. The third-order valence-electron chi connectivity index (χ3n) is 3.62. The molecule has 0 heterocycles. The van der Waals surface area contributed by atoms with E-state index in [9.17, 15) is 0 Å². The molecule has 0 amide bonds. The number of hydrogen-bond donors (Lipinski definition) is 1. The van der Waals surface area contributed by atoms with E-state index in [0.29, 0.717) is 33.0 Å². The molecule has 132 valence electrons. The Kier molecular flexibility index (Phi) is 12.6. The van der Waals surface area contributed by atoms with Gasteiger partial charge in [0.1, 0.15) is 12.4 Å². The Hall–Kier alpha value is -1.10. The lowest BCUT2D eigenvalue weighted by molar-refractivity contribution is 0.0246. The minimum atomic E-state index is 0.0539. The van der Waals surface area contributed by atoms with Crippen LogP contribution in [-0.4, -0.2) is 44.7 Å². The fourth-order valence-electron chi connectivity index (χ4n) is 2.37. The first-order valence-electron chi connectivity index (χ1n) is 8.85. The fourth-order valence-corrected chi connectivity index (χ4v) is 2.37. The molecule has 1 aromatic carbocycles. The molecule has 1 N–H and O–H groups in total. The summed E-state index contributed by atoms with van der Waals surface area (Å²) < 4.78 is 16.4. The first kappa shape index (κ1) is 19.9. The predicted molar refractivity (Wildman–Crippen MR) is 93.1 cm³/mol. The molecule has 4 heteroatoms. The van der Waals surface area contributed by atoms with Crippen LogP contribution in [0.25, 0.3) is 0 Å². The lowest BCUT2D eigenvalue weighted by Gasteiger charge is -2.12. The van der Waals surface area contributed by atoms with Crippen LogP contribution in [0, 0.1) is 0 Å². The number of aryl methyl sites for hydroxylation is 1. The normalized spacial score (nSPS) is 10.9. The first-order valence-corrected chi connectivity index (χ1v) is 8.85. The minimum absolute atomic E-state index is 0.0539. The Morgan fingerprint density at radius 2 is 1.52 bits per heavy atom. The summed E-state index contributed by atoms with van der Waals surface area (Å²) in [5.41, 5.74) is 1.29. The number of benzene rings is 1. The minimum Gasteiger partial charge on any atom is -0.491 e. The topological polar surface area (TPSA) is 47.9 Å². The van der Waals surface area contributed by atoms with Crippen molar-refractivity contribution in [3.63, 3.8) is 0 Å². The Bertz CT molecular complexity index is 381. The molecule has 0 aliphatic heterocycles. The highest BCUT2D eigenvalue weighted by atomic mass is 16.5. The quantitative estimate of drug-likeness (QED) is 0.501. The van der Waals surface area contributed by atoms with Gasteiger partial charge < -0.3 is 19.3 Å². The standard InChI is InChI=1S/C19H32O4/c1-2-3-4-5-6-9-18-10-7-8-11-19(18)23-17-16-22-15-14-21-13-12-20/h7-8,10-11,20H,2-6,9,12-17H2,1H3. The van der Waals surface area contributed by atoms with Crippen molar-refractivity contribution >= 4 is 0 Å². The molecular formula is C19H32O4. The number of aliphatic hydroxyl groups excluding tert-OH is 1. The number of rotatable bonds is 15. The van der Waals surface area contributed by atoms with Gasteiger partial charge in [0.2, 0.25) is 0 Å². The van der Waals surface area contributed by atoms with Gasteiger partial charge in [-0.15, -0.1) is 0 Å². The number of ether oxygens (including phenoxy) is 3. The number of unbranched alkanes of at least 4 members (excludes halogenated alkanes) is 4. The molecule has 0 aromatic heterocycles. The third kappa shape index (κ3) is 10.3. The molecule has 4 nitrogen and oxygen atoms in total. The van der Waals surface area contributed by atoms with Crippen LogP contribution in [0.1, 0.15) is 44.6 Å². The molecule has 0 aliphatic carbocycles. The van der Waals surface area contributed by atoms with E-state index in [1.165, 1.54) is 37.7 Å². The summed E-state index contributed by atoms with van der Waals surface area (Å²) in [6.07, 6.45) is 7.53. The van der Waals surface area contributed by atoms with Crippen LogP contribution in [0.3, 0.4) is 0 Å². The van der Waals surface area contributed by atoms with E-state index >= 15 is 0 Å². The van der Waals surface area contributed by atoms with Crippen LogP contribution in [-0.2, 0) is 15.9 Å². The van der Waals surface area contributed by atoms with Gasteiger partial charge in [-0.2, -0.15) is 0 Å². The average Bonchev–Trinajstić information content (AvgIpc) is 2.58. The molecule has 0 radical (unpaired) electrons. The van der Waals surface area contributed by atoms with Gasteiger partial charge in [-0.3, -0.25) is 0 Å². The van der Waals surface area contributed by atoms with E-state index < -0.39 is 0 Å². The summed E-state index contributed by atoms with van der Waals surface area (Å²) >= 11 is 0. The Morgan fingerprint density at radius 3 is 2.30 bits per heavy atom. The van der Waals surface area contributed by atoms with Crippen molar-refractivity contribution in [3.05, 3.63) is 29.8 Å². The van der Waals surface area contributed by atoms with Crippen molar-refractivity contribution in [1.82, 2.24) is 0 Å². The number of para-hydroxylation sites is 1. The summed E-state index contributed by atoms with van der Waals surface area (Å²) in [7, 11) is 0. The van der Waals surface area contributed by atoms with Crippen molar-refractivity contribution in [3.8, 4) is 5.75 Å². The summed E-state index contributed by atoms with van der Waals surface area (Å²) in [4.78, 5) is 0. The van der Waals surface area contributed by atoms with Gasteiger partial charge in [0.15, 0.2) is 0 Å². The number of hydrogen-bond acceptors (Lipinski definition) is 4. The highest BCUT2D eigenvalue weighted by Gasteiger charge is 2.03. The molecule has 0 unspecified atom stereocenters. The molecule has 0 spiro atoms. The van der Waals surface area contributed by atoms with Gasteiger partial charge in [0, 0.05) is 0 Å². The van der Waals surface area contributed by atoms with Gasteiger partial charge in [-0.25, -0.2) is 0 Å². The zero-order valence-electron chi connectivity index (χ0n) is 14.5. The second kappa shape index (κ2) is 14.5. The average molecular weight is 324 g/mol. The third-order valence-corrected chi connectivity index (χ3v) is 3.62. The highest BCUT2D eigenvalue weighted by molar-refractivity contribution is 5.33. The van der Waals surface area contributed by atoms with Gasteiger partial charge in [-0.1, -0.05) is 50.8 Å². The highest BCUT2D eigenvalue weighted by Crippen LogP contribution is 2.20. The van der Waals surface area contributed by atoms with E-state index in [4.69, 9.17) is 19.3 Å². The van der Waals surface area contributed by atoms with Gasteiger partial charge in [-0.05, 0) is 24.5 Å². The SMILES string of the molecule is CCCCCCCc1ccccc1OCCOCCOCCO. The van der Waals surface area contributed by atoms with E-state index in [0.717, 1.165) is 12.2 Å². The Morgan fingerprint density at radius 1 is 0.826 bits per heavy atom. The summed E-state index contributed by atoms with van der Waals surface area (Å²) in [5.74, 6) is 0.975. The first-order chi connectivity index (χ1) is 11.4. The van der Waals surface area contributed by atoms with Crippen molar-refractivity contribution in [2.24, 2.45) is 0 Å². The van der Waals surface area contributed by atoms with Crippen LogP contribution in [0.4, 0.5) is 0 Å². The maximum atomic E-state index is 8.58.